The van der Waals surface area contributed by atoms with E-state index in [1.807, 2.05) is 0 Å². The Labute approximate surface area is 260 Å². The number of hydrogen-bond donors (Lipinski definition) is 4. The highest BCUT2D eigenvalue weighted by atomic mass is 32.2. The summed E-state index contributed by atoms with van der Waals surface area (Å²) in [6.07, 6.45) is -3.96. The molecule has 46 heavy (non-hydrogen) atoms. The van der Waals surface area contributed by atoms with Crippen molar-refractivity contribution in [2.45, 2.75) is 30.0 Å². The molecule has 19 heteroatoms. The number of halogens is 3. The second kappa shape index (κ2) is 13.6. The van der Waals surface area contributed by atoms with Gasteiger partial charge in [-0.25, -0.2) is 27.0 Å². The molecular weight excluding hydrogens is 657 g/mol. The minimum Gasteiger partial charge on any atom is -0.542 e. The van der Waals surface area contributed by atoms with Crippen molar-refractivity contribution in [2.75, 3.05) is 16.8 Å². The normalized spacial score (nSPS) is 16.3. The molecule has 0 saturated carbocycles. The van der Waals surface area contributed by atoms with Crippen molar-refractivity contribution in [3.8, 4) is 11.1 Å². The van der Waals surface area contributed by atoms with Gasteiger partial charge in [0.05, 0.1) is 16.2 Å². The maximum absolute atomic E-state index is 13.5. The zero-order valence-corrected chi connectivity index (χ0v) is 25.4. The number of aromatic nitrogens is 1. The number of rotatable bonds is 9. The Kier molecular flexibility index (Phi) is 10.5. The van der Waals surface area contributed by atoms with Crippen LogP contribution >= 0.6 is 0 Å². The topological polar surface area (TPSA) is 250 Å². The zero-order valence-electron chi connectivity index (χ0n) is 23.8. The van der Waals surface area contributed by atoms with E-state index in [0.717, 1.165) is 0 Å². The van der Waals surface area contributed by atoms with Gasteiger partial charge in [0.1, 0.15) is 17.5 Å². The minimum absolute atomic E-state index is 0.0746. The van der Waals surface area contributed by atoms with Crippen LogP contribution in [0.5, 0.6) is 0 Å². The third-order valence-corrected chi connectivity index (χ3v) is 9.12. The summed E-state index contributed by atoms with van der Waals surface area (Å²) < 4.78 is 80.6. The maximum Gasteiger partial charge on any atom is 0.430 e. The van der Waals surface area contributed by atoms with E-state index in [1.54, 1.807) is 48.5 Å². The Morgan fingerprint density at radius 2 is 1.72 bits per heavy atom. The van der Waals surface area contributed by atoms with Crippen LogP contribution in [0.15, 0.2) is 76.9 Å². The van der Waals surface area contributed by atoms with E-state index in [9.17, 15) is 34.8 Å². The monoisotopic (exact) mass is 684 g/mol. The van der Waals surface area contributed by atoms with Gasteiger partial charge in [-0.05, 0) is 30.3 Å². The lowest BCUT2D eigenvalue weighted by Gasteiger charge is -2.25. The summed E-state index contributed by atoms with van der Waals surface area (Å²) in [4.78, 5) is 31.9. The number of carboxylic acids is 1. The molecule has 0 spiro atoms. The Morgan fingerprint density at radius 3 is 2.26 bits per heavy atom. The van der Waals surface area contributed by atoms with Gasteiger partial charge in [-0.1, -0.05) is 42.4 Å². The number of sulfonamides is 1. The first-order valence-electron chi connectivity index (χ1n) is 12.9. The van der Waals surface area contributed by atoms with Gasteiger partial charge >= 0.3 is 6.18 Å². The number of benzene rings is 2. The number of carbonyl (C=O) groups excluding carboxylic acids is 2. The predicted octanol–water partition coefficient (Wildman–Crippen LogP) is -0.904. The van der Waals surface area contributed by atoms with Crippen LogP contribution in [-0.2, 0) is 34.3 Å². The number of alkyl halides is 3. The fourth-order valence-electron chi connectivity index (χ4n) is 4.04. The molecule has 3 aromatic rings. The first-order valence-corrected chi connectivity index (χ1v) is 16.3. The molecule has 0 fully saturated rings. The Hall–Kier alpha value is -4.88. The number of pyridine rings is 1. The fourth-order valence-corrected chi connectivity index (χ4v) is 6.00. The largest absolute Gasteiger partial charge is 0.542 e. The van der Waals surface area contributed by atoms with Crippen LogP contribution in [0.4, 0.5) is 19.0 Å². The maximum atomic E-state index is 13.5. The van der Waals surface area contributed by atoms with Gasteiger partial charge in [0.2, 0.25) is 15.6 Å². The molecule has 246 valence electrons. The molecule has 0 radical (unpaired) electrons. The van der Waals surface area contributed by atoms with Crippen molar-refractivity contribution in [1.29, 1.82) is 0 Å². The predicted molar refractivity (Wildman–Crippen MR) is 157 cm³/mol. The van der Waals surface area contributed by atoms with Crippen molar-refractivity contribution in [3.05, 3.63) is 78.0 Å². The molecule has 14 nitrogen and oxygen atoms in total. The van der Waals surface area contributed by atoms with E-state index in [1.165, 1.54) is 25.3 Å². The summed E-state index contributed by atoms with van der Waals surface area (Å²) in [5.41, 5.74) is 6.09. The number of primary sulfonamides is 1. The molecule has 2 aromatic carbocycles. The third-order valence-electron chi connectivity index (χ3n) is 6.36. The summed E-state index contributed by atoms with van der Waals surface area (Å²) in [7, 11) is -7.66. The number of amides is 1. The number of amidine groups is 1. The molecule has 7 N–H and O–H groups in total. The molecule has 0 saturated heterocycles. The Bertz CT molecular complexity index is 1900. The molecule has 1 unspecified atom stereocenters. The molecular formula is C27H27F3N6O8S2. The van der Waals surface area contributed by atoms with E-state index >= 15 is 0 Å². The number of nitrogens with zero attached hydrogens (tertiary/aromatic N) is 2. The van der Waals surface area contributed by atoms with Gasteiger partial charge in [0, 0.05) is 35.1 Å². The van der Waals surface area contributed by atoms with Crippen LogP contribution in [-0.4, -0.2) is 68.5 Å². The van der Waals surface area contributed by atoms with E-state index in [4.69, 9.17) is 31.0 Å². The van der Waals surface area contributed by atoms with Crippen molar-refractivity contribution < 1.29 is 54.9 Å². The SMILES string of the molecule is CCS(=O)(=O)CC1(C(=O)Nc2ccc(-c3ccccc3S(N)(=O)=O)cn2)CC(c2cccc(C(N)=[NH2+])c2)=NO1.O=C([O-])C(F)(F)F. The fraction of sp³-hybridized carbons (Fsp3) is 0.222. The Balaban J connectivity index is 0.000000738. The van der Waals surface area contributed by atoms with Crippen LogP contribution < -0.4 is 26.7 Å². The van der Waals surface area contributed by atoms with Crippen molar-refractivity contribution in [3.63, 3.8) is 0 Å². The molecule has 1 aliphatic heterocycles. The molecule has 1 atom stereocenters. The number of oxime groups is 1. The number of aliphatic carboxylic acids is 1. The first-order chi connectivity index (χ1) is 21.3. The van der Waals surface area contributed by atoms with Gasteiger partial charge in [-0.2, -0.15) is 13.2 Å². The average molecular weight is 685 g/mol. The van der Waals surface area contributed by atoms with Crippen LogP contribution in [0.25, 0.3) is 11.1 Å². The number of hydrogen-bond acceptors (Lipinski definition) is 10. The summed E-state index contributed by atoms with van der Waals surface area (Å²) >= 11 is 0. The van der Waals surface area contributed by atoms with Crippen molar-refractivity contribution in [1.82, 2.24) is 4.98 Å². The van der Waals surface area contributed by atoms with E-state index in [2.05, 4.69) is 15.5 Å². The molecule has 2 heterocycles. The molecule has 1 aliphatic rings. The highest BCUT2D eigenvalue weighted by Gasteiger charge is 2.50. The summed E-state index contributed by atoms with van der Waals surface area (Å²) in [6, 6.07) is 16.0. The molecule has 4 rings (SSSR count). The molecule has 1 aromatic heterocycles. The molecule has 0 bridgehead atoms. The molecule has 1 amide bonds. The van der Waals surface area contributed by atoms with Gasteiger partial charge in [-0.3, -0.25) is 15.9 Å². The third kappa shape index (κ3) is 8.86. The van der Waals surface area contributed by atoms with Crippen LogP contribution in [0.1, 0.15) is 24.5 Å². The highest BCUT2D eigenvalue weighted by Crippen LogP contribution is 2.31. The lowest BCUT2D eigenvalue weighted by molar-refractivity contribution is -0.344. The lowest BCUT2D eigenvalue weighted by atomic mass is 9.94. The number of sulfone groups is 1. The van der Waals surface area contributed by atoms with Crippen molar-refractivity contribution >= 4 is 49.1 Å². The van der Waals surface area contributed by atoms with Gasteiger partial charge in [-0.15, -0.1) is 0 Å². The number of carbonyl (C=O) groups is 2. The van der Waals surface area contributed by atoms with Crippen molar-refractivity contribution in [2.24, 2.45) is 16.0 Å². The second-order valence-corrected chi connectivity index (χ2v) is 13.6. The molecule has 0 aliphatic carbocycles. The number of carboxylic acid groups (broad SMARTS) is 1. The Morgan fingerprint density at radius 1 is 1.07 bits per heavy atom. The van der Waals surface area contributed by atoms with E-state index in [0.29, 0.717) is 28.0 Å². The zero-order chi connectivity index (χ0) is 34.5. The van der Waals surface area contributed by atoms with Crippen LogP contribution in [0.2, 0.25) is 0 Å². The van der Waals surface area contributed by atoms with Gasteiger partial charge in [0.15, 0.2) is 9.84 Å². The minimum atomic E-state index is -5.19. The summed E-state index contributed by atoms with van der Waals surface area (Å²) in [5, 5.41) is 26.4. The smallest absolute Gasteiger partial charge is 0.430 e. The quantitative estimate of drug-likeness (QED) is 0.160. The second-order valence-electron chi connectivity index (χ2n) is 9.73. The highest BCUT2D eigenvalue weighted by molar-refractivity contribution is 7.91. The first kappa shape index (κ1) is 35.6. The van der Waals surface area contributed by atoms with Gasteiger partial charge in [0.25, 0.3) is 11.7 Å². The van der Waals surface area contributed by atoms with Crippen LogP contribution in [0, 0.1) is 0 Å². The number of nitrogens with one attached hydrogen (secondary N) is 1. The lowest BCUT2D eigenvalue weighted by Crippen LogP contribution is -2.49. The average Bonchev–Trinajstić information content (AvgIpc) is 3.41. The van der Waals surface area contributed by atoms with E-state index < -0.39 is 49.3 Å². The standard InChI is InChI=1S/C25H26N6O6S2.C2HF3O2/c1-2-38(33,34)15-25(13-20(31-37-25)16-6-5-7-17(12-16)23(26)27)24(32)30-22-11-10-18(14-29-22)19-8-3-4-9-21(19)39(28,35)36;3-2(4,5)1(6)7/h3-12,14H,2,13,15H2,1H3,(H3,26,27)(H2,28,35,36)(H,29,30,32);(H,6,7). The van der Waals surface area contributed by atoms with Gasteiger partial charge < -0.3 is 20.1 Å². The van der Waals surface area contributed by atoms with Crippen LogP contribution in [0.3, 0.4) is 0 Å². The van der Waals surface area contributed by atoms with E-state index in [-0.39, 0.29) is 28.7 Å². The number of anilines is 1. The summed E-state index contributed by atoms with van der Waals surface area (Å²) in [6.45, 7) is 1.47. The summed E-state index contributed by atoms with van der Waals surface area (Å²) in [5.74, 6) is -4.40. The number of nitrogens with two attached hydrogens (primary N) is 3.